The number of hydrogen-bond acceptors (Lipinski definition) is 2. The number of nitrogens with one attached hydrogen (secondary N) is 1. The van der Waals surface area contributed by atoms with Crippen molar-refractivity contribution in [1.82, 2.24) is 0 Å². The van der Waals surface area contributed by atoms with Crippen LogP contribution in [0.25, 0.3) is 0 Å². The summed E-state index contributed by atoms with van der Waals surface area (Å²) in [6.45, 7) is 1.86. The van der Waals surface area contributed by atoms with Crippen LogP contribution in [0.5, 0.6) is 0 Å². The van der Waals surface area contributed by atoms with Crippen molar-refractivity contribution in [3.8, 4) is 0 Å². The normalized spacial score (nSPS) is 17.5. The summed E-state index contributed by atoms with van der Waals surface area (Å²) in [7, 11) is 0. The highest BCUT2D eigenvalue weighted by molar-refractivity contribution is 6.34. The van der Waals surface area contributed by atoms with Gasteiger partial charge in [0.05, 0.1) is 22.0 Å². The summed E-state index contributed by atoms with van der Waals surface area (Å²) in [6.07, 6.45) is 0.241. The molecule has 1 heterocycles. The van der Waals surface area contributed by atoms with Crippen molar-refractivity contribution in [3.05, 3.63) is 59.1 Å². The molecule has 5 heteroatoms. The Morgan fingerprint density at radius 1 is 1.18 bits per heavy atom. The topological polar surface area (TPSA) is 49.4 Å². The molecule has 3 rings (SSSR count). The molecule has 2 aromatic rings. The van der Waals surface area contributed by atoms with Gasteiger partial charge < -0.3 is 10.2 Å². The number of rotatable bonds is 1. The summed E-state index contributed by atoms with van der Waals surface area (Å²) in [5.41, 5.74) is 1.75. The minimum absolute atomic E-state index is 0.102. The minimum Gasteiger partial charge on any atom is -0.324 e. The van der Waals surface area contributed by atoms with Crippen molar-refractivity contribution in [2.24, 2.45) is 0 Å². The number of carbonyl (C=O) groups excluding carboxylic acids is 2. The Hall–Kier alpha value is -2.33. The SMILES string of the molecule is C[C@@H]1CC(=O)Nc2ccccc2N1C(=O)c1ccccc1Cl. The Morgan fingerprint density at radius 2 is 1.86 bits per heavy atom. The lowest BCUT2D eigenvalue weighted by Crippen LogP contribution is -2.39. The van der Waals surface area contributed by atoms with Crippen molar-refractivity contribution in [1.29, 1.82) is 0 Å². The molecule has 1 N–H and O–H groups in total. The average molecular weight is 315 g/mol. The largest absolute Gasteiger partial charge is 0.324 e. The quantitative estimate of drug-likeness (QED) is 0.872. The molecule has 0 unspecified atom stereocenters. The van der Waals surface area contributed by atoms with E-state index in [1.54, 1.807) is 35.2 Å². The lowest BCUT2D eigenvalue weighted by molar-refractivity contribution is -0.116. The number of nitrogens with zero attached hydrogens (tertiary/aromatic N) is 1. The Morgan fingerprint density at radius 3 is 2.64 bits per heavy atom. The van der Waals surface area contributed by atoms with Crippen LogP contribution in [0, 0.1) is 0 Å². The maximum Gasteiger partial charge on any atom is 0.260 e. The first-order valence-corrected chi connectivity index (χ1v) is 7.42. The maximum atomic E-state index is 13.0. The van der Waals surface area contributed by atoms with Gasteiger partial charge in [0.25, 0.3) is 5.91 Å². The monoisotopic (exact) mass is 314 g/mol. The lowest BCUT2D eigenvalue weighted by atomic mass is 10.1. The fourth-order valence-corrected chi connectivity index (χ4v) is 2.88. The lowest BCUT2D eigenvalue weighted by Gasteiger charge is -2.28. The van der Waals surface area contributed by atoms with Crippen LogP contribution in [0.2, 0.25) is 5.02 Å². The first-order valence-electron chi connectivity index (χ1n) is 7.05. The van der Waals surface area contributed by atoms with E-state index in [9.17, 15) is 9.59 Å². The van der Waals surface area contributed by atoms with E-state index >= 15 is 0 Å². The maximum absolute atomic E-state index is 13.0. The highest BCUT2D eigenvalue weighted by Crippen LogP contribution is 2.33. The van der Waals surface area contributed by atoms with E-state index in [0.29, 0.717) is 22.0 Å². The van der Waals surface area contributed by atoms with Crippen LogP contribution in [0.15, 0.2) is 48.5 Å². The molecule has 2 amide bonds. The summed E-state index contributed by atoms with van der Waals surface area (Å²) in [4.78, 5) is 26.5. The van der Waals surface area contributed by atoms with Gasteiger partial charge in [-0.3, -0.25) is 9.59 Å². The van der Waals surface area contributed by atoms with Crippen molar-refractivity contribution >= 4 is 34.8 Å². The highest BCUT2D eigenvalue weighted by atomic mass is 35.5. The molecular formula is C17H15ClN2O2. The molecule has 4 nitrogen and oxygen atoms in total. The summed E-state index contributed by atoms with van der Waals surface area (Å²) >= 11 is 6.15. The van der Waals surface area contributed by atoms with Gasteiger partial charge in [0, 0.05) is 12.5 Å². The third-order valence-corrected chi connectivity index (χ3v) is 4.01. The van der Waals surface area contributed by atoms with E-state index in [4.69, 9.17) is 11.6 Å². The number of carbonyl (C=O) groups is 2. The number of halogens is 1. The second-order valence-corrected chi connectivity index (χ2v) is 5.68. The molecule has 22 heavy (non-hydrogen) atoms. The molecule has 0 fully saturated rings. The van der Waals surface area contributed by atoms with Gasteiger partial charge >= 0.3 is 0 Å². The van der Waals surface area contributed by atoms with Crippen LogP contribution < -0.4 is 10.2 Å². The minimum atomic E-state index is -0.257. The fourth-order valence-electron chi connectivity index (χ4n) is 2.66. The third kappa shape index (κ3) is 2.57. The van der Waals surface area contributed by atoms with Crippen LogP contribution in [-0.2, 0) is 4.79 Å². The van der Waals surface area contributed by atoms with Gasteiger partial charge in [-0.15, -0.1) is 0 Å². The second-order valence-electron chi connectivity index (χ2n) is 5.27. The molecule has 0 saturated carbocycles. The summed E-state index contributed by atoms with van der Waals surface area (Å²) in [6, 6.07) is 14.0. The van der Waals surface area contributed by atoms with E-state index in [0.717, 1.165) is 0 Å². The van der Waals surface area contributed by atoms with Gasteiger partial charge in [0.2, 0.25) is 5.91 Å². The Labute approximate surface area is 133 Å². The second kappa shape index (κ2) is 5.81. The Bertz CT molecular complexity index is 745. The van der Waals surface area contributed by atoms with E-state index in [2.05, 4.69) is 5.32 Å². The fraction of sp³-hybridized carbons (Fsp3) is 0.176. The molecule has 1 aliphatic heterocycles. The third-order valence-electron chi connectivity index (χ3n) is 3.68. The molecule has 2 aromatic carbocycles. The van der Waals surface area contributed by atoms with E-state index in [-0.39, 0.29) is 24.3 Å². The molecule has 0 saturated heterocycles. The molecule has 0 radical (unpaired) electrons. The van der Waals surface area contributed by atoms with Gasteiger partial charge in [-0.05, 0) is 31.2 Å². The Kier molecular flexibility index (Phi) is 3.86. The average Bonchev–Trinajstić information content (AvgIpc) is 2.61. The van der Waals surface area contributed by atoms with Gasteiger partial charge in [-0.1, -0.05) is 35.9 Å². The number of benzene rings is 2. The summed E-state index contributed by atoms with van der Waals surface area (Å²) < 4.78 is 0. The van der Waals surface area contributed by atoms with Crippen LogP contribution >= 0.6 is 11.6 Å². The van der Waals surface area contributed by atoms with Crippen molar-refractivity contribution in [3.63, 3.8) is 0 Å². The predicted molar refractivity (Wildman–Crippen MR) is 87.4 cm³/mol. The van der Waals surface area contributed by atoms with Gasteiger partial charge in [-0.2, -0.15) is 0 Å². The number of para-hydroxylation sites is 2. The van der Waals surface area contributed by atoms with Gasteiger partial charge in [-0.25, -0.2) is 0 Å². The predicted octanol–water partition coefficient (Wildman–Crippen LogP) is 3.72. The number of anilines is 2. The number of hydrogen-bond donors (Lipinski definition) is 1. The van der Waals surface area contributed by atoms with Crippen LogP contribution in [0.4, 0.5) is 11.4 Å². The van der Waals surface area contributed by atoms with Crippen LogP contribution in [-0.4, -0.2) is 17.9 Å². The molecule has 0 aromatic heterocycles. The zero-order chi connectivity index (χ0) is 15.7. The van der Waals surface area contributed by atoms with Crippen LogP contribution in [0.1, 0.15) is 23.7 Å². The molecule has 0 spiro atoms. The summed E-state index contributed by atoms with van der Waals surface area (Å²) in [5.74, 6) is -0.309. The zero-order valence-electron chi connectivity index (χ0n) is 12.0. The molecule has 1 atom stereocenters. The van der Waals surface area contributed by atoms with Crippen molar-refractivity contribution in [2.75, 3.05) is 10.2 Å². The molecule has 1 aliphatic rings. The van der Waals surface area contributed by atoms with E-state index < -0.39 is 0 Å². The standard InChI is InChI=1S/C17H15ClN2O2/c1-11-10-16(21)19-14-8-4-5-9-15(14)20(11)17(22)12-6-2-3-7-13(12)18/h2-9,11H,10H2,1H3,(H,19,21)/t11-/m1/s1. The first kappa shape index (κ1) is 14.6. The molecule has 0 aliphatic carbocycles. The van der Waals surface area contributed by atoms with Gasteiger partial charge in [0.15, 0.2) is 0 Å². The number of fused-ring (bicyclic) bond motifs is 1. The molecule has 0 bridgehead atoms. The van der Waals surface area contributed by atoms with Crippen LogP contribution in [0.3, 0.4) is 0 Å². The zero-order valence-corrected chi connectivity index (χ0v) is 12.8. The van der Waals surface area contributed by atoms with E-state index in [1.165, 1.54) is 0 Å². The van der Waals surface area contributed by atoms with Crippen molar-refractivity contribution < 1.29 is 9.59 Å². The first-order chi connectivity index (χ1) is 10.6. The van der Waals surface area contributed by atoms with Crippen molar-refractivity contribution in [2.45, 2.75) is 19.4 Å². The van der Waals surface area contributed by atoms with Gasteiger partial charge in [0.1, 0.15) is 0 Å². The molecular weight excluding hydrogens is 300 g/mol. The number of amides is 2. The van der Waals surface area contributed by atoms with E-state index in [1.807, 2.05) is 25.1 Å². The smallest absolute Gasteiger partial charge is 0.260 e. The highest BCUT2D eigenvalue weighted by Gasteiger charge is 2.30. The summed E-state index contributed by atoms with van der Waals surface area (Å²) in [5, 5.41) is 3.24. The molecule has 112 valence electrons. The Balaban J connectivity index is 2.10.